The number of anilines is 1. The van der Waals surface area contributed by atoms with Crippen molar-refractivity contribution >= 4 is 11.8 Å². The monoisotopic (exact) mass is 261 g/mol. The van der Waals surface area contributed by atoms with Crippen molar-refractivity contribution in [3.8, 4) is 0 Å². The molecule has 0 radical (unpaired) electrons. The summed E-state index contributed by atoms with van der Waals surface area (Å²) in [7, 11) is 0. The number of alkyl halides is 3. The molecule has 0 saturated carbocycles. The predicted molar refractivity (Wildman–Crippen MR) is 55.0 cm³/mol. The van der Waals surface area contributed by atoms with Gasteiger partial charge in [-0.15, -0.1) is 0 Å². The minimum absolute atomic E-state index is 0.00206. The number of halogens is 3. The van der Waals surface area contributed by atoms with Crippen molar-refractivity contribution in [2.45, 2.75) is 25.1 Å². The first-order chi connectivity index (χ1) is 8.39. The first kappa shape index (κ1) is 12.6. The van der Waals surface area contributed by atoms with E-state index in [4.69, 9.17) is 5.11 Å². The second kappa shape index (κ2) is 4.43. The molecule has 0 spiro atoms. The van der Waals surface area contributed by atoms with E-state index in [0.29, 0.717) is 19.4 Å². The molecular formula is C10H10F3N3O2. The fourth-order valence-corrected chi connectivity index (χ4v) is 1.96. The second-order valence-electron chi connectivity index (χ2n) is 3.95. The van der Waals surface area contributed by atoms with E-state index in [2.05, 4.69) is 9.97 Å². The molecule has 18 heavy (non-hydrogen) atoms. The number of hydrogen-bond acceptors (Lipinski definition) is 4. The summed E-state index contributed by atoms with van der Waals surface area (Å²) >= 11 is 0. The Labute approximate surface area is 100 Å². The van der Waals surface area contributed by atoms with Gasteiger partial charge < -0.3 is 10.0 Å². The third-order valence-electron chi connectivity index (χ3n) is 2.78. The van der Waals surface area contributed by atoms with Gasteiger partial charge in [0.05, 0.1) is 0 Å². The second-order valence-corrected chi connectivity index (χ2v) is 3.95. The number of carboxylic acids is 1. The van der Waals surface area contributed by atoms with Crippen LogP contribution >= 0.6 is 0 Å². The molecule has 1 unspecified atom stereocenters. The van der Waals surface area contributed by atoms with Gasteiger partial charge >= 0.3 is 12.1 Å². The summed E-state index contributed by atoms with van der Waals surface area (Å²) in [5, 5.41) is 8.97. The van der Waals surface area contributed by atoms with Gasteiger partial charge in [0.25, 0.3) is 0 Å². The zero-order valence-electron chi connectivity index (χ0n) is 9.18. The number of hydrogen-bond donors (Lipinski definition) is 1. The van der Waals surface area contributed by atoms with Crippen molar-refractivity contribution in [1.82, 2.24) is 9.97 Å². The first-order valence-electron chi connectivity index (χ1n) is 5.28. The zero-order chi connectivity index (χ0) is 13.3. The fourth-order valence-electron chi connectivity index (χ4n) is 1.96. The summed E-state index contributed by atoms with van der Waals surface area (Å²) in [6.45, 7) is 0.380. The maximum atomic E-state index is 12.5. The van der Waals surface area contributed by atoms with E-state index in [-0.39, 0.29) is 5.82 Å². The van der Waals surface area contributed by atoms with E-state index in [1.807, 2.05) is 0 Å². The van der Waals surface area contributed by atoms with Crippen LogP contribution in [0.25, 0.3) is 0 Å². The van der Waals surface area contributed by atoms with Crippen LogP contribution in [0, 0.1) is 0 Å². The molecule has 1 aliphatic rings. The van der Waals surface area contributed by atoms with Crippen LogP contribution in [0.5, 0.6) is 0 Å². The third-order valence-corrected chi connectivity index (χ3v) is 2.78. The molecule has 1 aliphatic heterocycles. The minimum atomic E-state index is -4.56. The van der Waals surface area contributed by atoms with Crippen molar-refractivity contribution in [2.24, 2.45) is 0 Å². The van der Waals surface area contributed by atoms with Gasteiger partial charge in [-0.3, -0.25) is 0 Å². The highest BCUT2D eigenvalue weighted by molar-refractivity contribution is 5.78. The van der Waals surface area contributed by atoms with E-state index in [9.17, 15) is 18.0 Å². The Morgan fingerprint density at radius 3 is 2.78 bits per heavy atom. The zero-order valence-corrected chi connectivity index (χ0v) is 9.18. The lowest BCUT2D eigenvalue weighted by Gasteiger charge is -2.22. The van der Waals surface area contributed by atoms with Crippen LogP contribution in [-0.2, 0) is 11.0 Å². The van der Waals surface area contributed by atoms with Gasteiger partial charge in [0.15, 0.2) is 0 Å². The molecule has 1 aromatic heterocycles. The summed E-state index contributed by atoms with van der Waals surface area (Å²) in [6, 6.07) is -0.0395. The molecule has 98 valence electrons. The Hall–Kier alpha value is -1.86. The van der Waals surface area contributed by atoms with Gasteiger partial charge in [0, 0.05) is 12.6 Å². The van der Waals surface area contributed by atoms with Crippen molar-refractivity contribution < 1.29 is 23.1 Å². The normalized spacial score (nSPS) is 20.2. The average molecular weight is 261 g/mol. The molecule has 0 aromatic carbocycles. The lowest BCUT2D eigenvalue weighted by Crippen LogP contribution is -2.36. The van der Waals surface area contributed by atoms with Crippen LogP contribution in [-0.4, -0.2) is 33.6 Å². The van der Waals surface area contributed by atoms with E-state index in [1.54, 1.807) is 0 Å². The van der Waals surface area contributed by atoms with Gasteiger partial charge in [0.1, 0.15) is 23.9 Å². The van der Waals surface area contributed by atoms with Crippen LogP contribution < -0.4 is 4.90 Å². The minimum Gasteiger partial charge on any atom is -0.480 e. The molecule has 0 aliphatic carbocycles. The number of carbonyl (C=O) groups is 1. The van der Waals surface area contributed by atoms with E-state index in [1.165, 1.54) is 4.90 Å². The molecule has 0 bridgehead atoms. The van der Waals surface area contributed by atoms with Crippen LogP contribution in [0.15, 0.2) is 12.4 Å². The van der Waals surface area contributed by atoms with Crippen molar-refractivity contribution in [2.75, 3.05) is 11.4 Å². The van der Waals surface area contributed by atoms with Gasteiger partial charge in [-0.1, -0.05) is 0 Å². The summed E-state index contributed by atoms with van der Waals surface area (Å²) in [5.41, 5.74) is -1.07. The lowest BCUT2D eigenvalue weighted by atomic mass is 10.2. The van der Waals surface area contributed by atoms with E-state index in [0.717, 1.165) is 12.4 Å². The fraction of sp³-hybridized carbons (Fsp3) is 0.500. The van der Waals surface area contributed by atoms with Gasteiger partial charge in [0.2, 0.25) is 0 Å². The topological polar surface area (TPSA) is 66.3 Å². The Morgan fingerprint density at radius 1 is 1.44 bits per heavy atom. The smallest absolute Gasteiger partial charge is 0.433 e. The Morgan fingerprint density at radius 2 is 2.17 bits per heavy atom. The van der Waals surface area contributed by atoms with Gasteiger partial charge in [-0.2, -0.15) is 13.2 Å². The Bertz CT molecular complexity index is 464. The maximum Gasteiger partial charge on any atom is 0.433 e. The summed E-state index contributed by atoms with van der Waals surface area (Å²) < 4.78 is 37.5. The number of aromatic nitrogens is 2. The highest BCUT2D eigenvalue weighted by Gasteiger charge is 2.36. The van der Waals surface area contributed by atoms with Crippen LogP contribution in [0.3, 0.4) is 0 Å². The summed E-state index contributed by atoms with van der Waals surface area (Å²) in [5.74, 6) is -1.05. The summed E-state index contributed by atoms with van der Waals surface area (Å²) in [6.07, 6.45) is -2.74. The molecule has 1 fully saturated rings. The molecule has 8 heteroatoms. The molecule has 2 rings (SSSR count). The Balaban J connectivity index is 2.31. The average Bonchev–Trinajstić information content (AvgIpc) is 2.77. The third kappa shape index (κ3) is 2.36. The van der Waals surface area contributed by atoms with Crippen LogP contribution in [0.1, 0.15) is 18.5 Å². The van der Waals surface area contributed by atoms with Crippen molar-refractivity contribution in [3.05, 3.63) is 18.1 Å². The maximum absolute atomic E-state index is 12.5. The SMILES string of the molecule is O=C(O)C1CCCN1c1cc(C(F)(F)F)ncn1. The van der Waals surface area contributed by atoms with E-state index < -0.39 is 23.9 Å². The number of rotatable bonds is 2. The Kier molecular flexibility index (Phi) is 3.10. The molecular weight excluding hydrogens is 251 g/mol. The highest BCUT2D eigenvalue weighted by Crippen LogP contribution is 2.31. The molecule has 5 nitrogen and oxygen atoms in total. The highest BCUT2D eigenvalue weighted by atomic mass is 19.4. The van der Waals surface area contributed by atoms with Crippen LogP contribution in [0.4, 0.5) is 19.0 Å². The lowest BCUT2D eigenvalue weighted by molar-refractivity contribution is -0.141. The number of nitrogens with zero attached hydrogens (tertiary/aromatic N) is 3. The largest absolute Gasteiger partial charge is 0.480 e. The summed E-state index contributed by atoms with van der Waals surface area (Å²) in [4.78, 5) is 19.2. The van der Waals surface area contributed by atoms with Gasteiger partial charge in [-0.05, 0) is 12.8 Å². The van der Waals surface area contributed by atoms with Crippen LogP contribution in [0.2, 0.25) is 0 Å². The number of carboxylic acid groups (broad SMARTS) is 1. The predicted octanol–water partition coefficient (Wildman–Crippen LogP) is 1.55. The van der Waals surface area contributed by atoms with Gasteiger partial charge in [-0.25, -0.2) is 14.8 Å². The standard InChI is InChI=1S/C10H10F3N3O2/c11-10(12,13)7-4-8(15-5-14-7)16-3-1-2-6(16)9(17)18/h4-6H,1-3H2,(H,17,18). The molecule has 0 amide bonds. The van der Waals surface area contributed by atoms with E-state index >= 15 is 0 Å². The quantitative estimate of drug-likeness (QED) is 0.874. The molecule has 1 saturated heterocycles. The molecule has 1 atom stereocenters. The number of aliphatic carboxylic acids is 1. The molecule has 2 heterocycles. The first-order valence-corrected chi connectivity index (χ1v) is 5.28. The van der Waals surface area contributed by atoms with Crippen molar-refractivity contribution in [3.63, 3.8) is 0 Å². The molecule has 1 aromatic rings. The molecule has 1 N–H and O–H groups in total. The van der Waals surface area contributed by atoms with Crippen molar-refractivity contribution in [1.29, 1.82) is 0 Å².